The highest BCUT2D eigenvalue weighted by Gasteiger charge is 2.35. The Labute approximate surface area is 90.3 Å². The van der Waals surface area contributed by atoms with Crippen molar-refractivity contribution in [1.29, 1.82) is 0 Å². The Morgan fingerprint density at radius 3 is 1.46 bits per heavy atom. The van der Waals surface area contributed by atoms with Crippen LogP contribution in [0.15, 0.2) is 0 Å². The molecule has 0 N–H and O–H groups in total. The molecular formula is C7H7Cl3O3. The zero-order chi connectivity index (χ0) is 10.6. The largest absolute Gasteiger partial charge is 0.281 e. The molecule has 74 valence electrons. The summed E-state index contributed by atoms with van der Waals surface area (Å²) in [7, 11) is 0. The van der Waals surface area contributed by atoms with E-state index in [1.54, 1.807) is 0 Å². The van der Waals surface area contributed by atoms with Crippen molar-refractivity contribution in [2.24, 2.45) is 5.41 Å². The molecule has 0 atom stereocenters. The maximum atomic E-state index is 10.9. The lowest BCUT2D eigenvalue weighted by Gasteiger charge is -2.20. The van der Waals surface area contributed by atoms with Crippen LogP contribution >= 0.6 is 34.8 Å². The minimum Gasteiger partial charge on any atom is -0.281 e. The Morgan fingerprint density at radius 1 is 1.00 bits per heavy atom. The second-order valence-corrected chi connectivity index (χ2v) is 4.08. The van der Waals surface area contributed by atoms with Gasteiger partial charge in [0.2, 0.25) is 15.7 Å². The second-order valence-electron chi connectivity index (χ2n) is 2.90. The highest BCUT2D eigenvalue weighted by Crippen LogP contribution is 2.30. The van der Waals surface area contributed by atoms with Gasteiger partial charge in [0.1, 0.15) is 0 Å². The summed E-state index contributed by atoms with van der Waals surface area (Å²) in [4.78, 5) is 32.0. The molecule has 6 heteroatoms. The van der Waals surface area contributed by atoms with Gasteiger partial charge in [-0.1, -0.05) is 6.92 Å². The van der Waals surface area contributed by atoms with E-state index in [0.29, 0.717) is 0 Å². The predicted molar refractivity (Wildman–Crippen MR) is 49.9 cm³/mol. The zero-order valence-corrected chi connectivity index (χ0v) is 9.04. The lowest BCUT2D eigenvalue weighted by molar-refractivity contribution is -0.127. The number of hydrogen-bond donors (Lipinski definition) is 0. The van der Waals surface area contributed by atoms with Crippen LogP contribution in [0.5, 0.6) is 0 Å². The van der Waals surface area contributed by atoms with E-state index >= 15 is 0 Å². The fourth-order valence-corrected chi connectivity index (χ4v) is 1.54. The summed E-state index contributed by atoms with van der Waals surface area (Å²) >= 11 is 15.4. The van der Waals surface area contributed by atoms with Gasteiger partial charge in [0.05, 0.1) is 5.41 Å². The first-order valence-corrected chi connectivity index (χ1v) is 4.48. The summed E-state index contributed by atoms with van der Waals surface area (Å²) in [6, 6.07) is 0. The molecule has 0 aliphatic heterocycles. The number of hydrogen-bond acceptors (Lipinski definition) is 3. The van der Waals surface area contributed by atoms with Gasteiger partial charge >= 0.3 is 0 Å². The van der Waals surface area contributed by atoms with Gasteiger partial charge < -0.3 is 0 Å². The van der Waals surface area contributed by atoms with Gasteiger partial charge in [0.25, 0.3) is 0 Å². The second kappa shape index (κ2) is 4.94. The maximum absolute atomic E-state index is 10.9. The van der Waals surface area contributed by atoms with Gasteiger partial charge in [-0.15, -0.1) is 0 Å². The Hall–Kier alpha value is -0.120. The third-order valence-electron chi connectivity index (χ3n) is 1.53. The van der Waals surface area contributed by atoms with Crippen LogP contribution in [0.4, 0.5) is 0 Å². The number of halogens is 3. The van der Waals surface area contributed by atoms with Crippen molar-refractivity contribution in [2.45, 2.75) is 19.8 Å². The number of rotatable bonds is 5. The Balaban J connectivity index is 4.62. The van der Waals surface area contributed by atoms with Gasteiger partial charge in [-0.25, -0.2) is 0 Å². The normalized spacial score (nSPS) is 11.1. The minimum atomic E-state index is -1.29. The molecule has 3 nitrogen and oxygen atoms in total. The van der Waals surface area contributed by atoms with E-state index in [4.69, 9.17) is 34.8 Å². The molecule has 0 saturated heterocycles. The van der Waals surface area contributed by atoms with Gasteiger partial charge in [-0.3, -0.25) is 14.4 Å². The van der Waals surface area contributed by atoms with Crippen LogP contribution in [0.1, 0.15) is 19.8 Å². The number of carbonyl (C=O) groups excluding carboxylic acids is 3. The van der Waals surface area contributed by atoms with Crippen LogP contribution in [0.2, 0.25) is 0 Å². The molecule has 0 amide bonds. The molecular weight excluding hydrogens is 238 g/mol. The van der Waals surface area contributed by atoms with Crippen molar-refractivity contribution in [1.82, 2.24) is 0 Å². The van der Waals surface area contributed by atoms with E-state index in [1.165, 1.54) is 6.92 Å². The molecule has 0 bridgehead atoms. The van der Waals surface area contributed by atoms with Crippen LogP contribution in [0, 0.1) is 5.41 Å². The summed E-state index contributed by atoms with van der Waals surface area (Å²) in [6.07, 6.45) is -0.593. The smallest absolute Gasteiger partial charge is 0.228 e. The molecule has 0 aromatic carbocycles. The average molecular weight is 245 g/mol. The van der Waals surface area contributed by atoms with Crippen molar-refractivity contribution in [2.75, 3.05) is 0 Å². The van der Waals surface area contributed by atoms with Crippen LogP contribution in [-0.2, 0) is 14.4 Å². The summed E-state index contributed by atoms with van der Waals surface area (Å²) in [6.45, 7) is 1.36. The molecule has 13 heavy (non-hydrogen) atoms. The molecule has 0 aromatic rings. The Bertz CT molecular complexity index is 233. The fraction of sp³-hybridized carbons (Fsp3) is 0.571. The summed E-state index contributed by atoms with van der Waals surface area (Å²) in [5.74, 6) is 0. The molecule has 0 fully saturated rings. The predicted octanol–water partition coefficient (Wildman–Crippen LogP) is 2.07. The van der Waals surface area contributed by atoms with E-state index < -0.39 is 21.1 Å². The molecule has 0 heterocycles. The van der Waals surface area contributed by atoms with Crippen LogP contribution in [0.3, 0.4) is 0 Å². The third kappa shape index (κ3) is 4.60. The van der Waals surface area contributed by atoms with Crippen molar-refractivity contribution >= 4 is 50.5 Å². The highest BCUT2D eigenvalue weighted by molar-refractivity contribution is 6.68. The Kier molecular flexibility index (Phi) is 4.89. The highest BCUT2D eigenvalue weighted by atomic mass is 35.5. The summed E-state index contributed by atoms with van der Waals surface area (Å²) in [5.41, 5.74) is -1.29. The van der Waals surface area contributed by atoms with E-state index in [-0.39, 0.29) is 12.8 Å². The van der Waals surface area contributed by atoms with E-state index in [2.05, 4.69) is 0 Å². The summed E-state index contributed by atoms with van der Waals surface area (Å²) < 4.78 is 0. The Morgan fingerprint density at radius 2 is 1.31 bits per heavy atom. The third-order valence-corrected chi connectivity index (χ3v) is 2.26. The molecule has 0 rings (SSSR count). The monoisotopic (exact) mass is 244 g/mol. The van der Waals surface area contributed by atoms with Crippen LogP contribution in [0.25, 0.3) is 0 Å². The molecule has 0 radical (unpaired) electrons. The first kappa shape index (κ1) is 12.9. The first-order valence-electron chi connectivity index (χ1n) is 3.34. The fourth-order valence-electron chi connectivity index (χ4n) is 0.815. The minimum absolute atomic E-state index is 0.296. The van der Waals surface area contributed by atoms with Crippen molar-refractivity contribution in [3.05, 3.63) is 0 Å². The molecule has 0 spiro atoms. The molecule has 0 aliphatic carbocycles. The van der Waals surface area contributed by atoms with Crippen LogP contribution in [-0.4, -0.2) is 15.7 Å². The van der Waals surface area contributed by atoms with Crippen molar-refractivity contribution in [3.63, 3.8) is 0 Å². The SMILES string of the molecule is CC(CC(=O)Cl)(CC(=O)Cl)C(=O)Cl. The quantitative estimate of drug-likeness (QED) is 0.697. The number of carbonyl (C=O) groups is 3. The molecule has 0 aromatic heterocycles. The maximum Gasteiger partial charge on any atom is 0.228 e. The first-order chi connectivity index (χ1) is 5.78. The molecule has 0 aliphatic rings. The molecule has 0 unspecified atom stereocenters. The zero-order valence-electron chi connectivity index (χ0n) is 6.77. The molecule has 0 saturated carbocycles. The topological polar surface area (TPSA) is 51.2 Å². The standard InChI is InChI=1S/C7H7Cl3O3/c1-7(6(10)13,2-4(8)11)3-5(9)12/h2-3H2,1H3. The van der Waals surface area contributed by atoms with E-state index in [0.717, 1.165) is 0 Å². The van der Waals surface area contributed by atoms with Gasteiger partial charge in [0.15, 0.2) is 0 Å². The van der Waals surface area contributed by atoms with Gasteiger partial charge in [-0.05, 0) is 34.8 Å². The van der Waals surface area contributed by atoms with Crippen LogP contribution < -0.4 is 0 Å². The summed E-state index contributed by atoms with van der Waals surface area (Å²) in [5, 5.41) is -2.25. The van der Waals surface area contributed by atoms with E-state index in [1.807, 2.05) is 0 Å². The lowest BCUT2D eigenvalue weighted by Crippen LogP contribution is -2.28. The van der Waals surface area contributed by atoms with Crippen molar-refractivity contribution in [3.8, 4) is 0 Å². The van der Waals surface area contributed by atoms with Gasteiger partial charge in [0, 0.05) is 12.8 Å². The lowest BCUT2D eigenvalue weighted by atomic mass is 9.86. The van der Waals surface area contributed by atoms with Crippen molar-refractivity contribution < 1.29 is 14.4 Å². The van der Waals surface area contributed by atoms with E-state index in [9.17, 15) is 14.4 Å². The van der Waals surface area contributed by atoms with Gasteiger partial charge in [-0.2, -0.15) is 0 Å². The average Bonchev–Trinajstić information content (AvgIpc) is 1.82.